The summed E-state index contributed by atoms with van der Waals surface area (Å²) in [5, 5.41) is 29.4. The molecule has 0 bridgehead atoms. The molecule has 0 saturated heterocycles. The SMILES string of the molecule is O=C(O)c1c(O)c(C2(c3ccccc3)CC2)nc2ccc(C(O)(C(F)(F)F)C(F)(F)F)cc12. The zero-order valence-corrected chi connectivity index (χ0v) is 16.5. The number of aromatic nitrogens is 1. The normalized spacial score (nSPS) is 16.1. The Morgan fingerprint density at radius 3 is 2.00 bits per heavy atom. The van der Waals surface area contributed by atoms with Gasteiger partial charge in [0, 0.05) is 16.4 Å². The molecule has 0 atom stereocenters. The van der Waals surface area contributed by atoms with Crippen LogP contribution in [0.1, 0.15) is 40.0 Å². The zero-order valence-electron chi connectivity index (χ0n) is 16.5. The highest BCUT2D eigenvalue weighted by Crippen LogP contribution is 2.56. The number of aromatic carboxylic acids is 1. The maximum absolute atomic E-state index is 13.3. The van der Waals surface area contributed by atoms with Crippen LogP contribution in [0.3, 0.4) is 0 Å². The molecule has 174 valence electrons. The number of hydrogen-bond donors (Lipinski definition) is 3. The first kappa shape index (κ1) is 22.8. The van der Waals surface area contributed by atoms with Crippen LogP contribution in [0.2, 0.25) is 0 Å². The van der Waals surface area contributed by atoms with E-state index in [0.717, 1.165) is 11.6 Å². The van der Waals surface area contributed by atoms with Gasteiger partial charge in [0.25, 0.3) is 5.60 Å². The van der Waals surface area contributed by atoms with Crippen molar-refractivity contribution in [1.29, 1.82) is 0 Å². The van der Waals surface area contributed by atoms with Gasteiger partial charge in [0.2, 0.25) is 0 Å². The van der Waals surface area contributed by atoms with E-state index in [1.807, 2.05) is 0 Å². The molecule has 1 aromatic heterocycles. The monoisotopic (exact) mass is 471 g/mol. The summed E-state index contributed by atoms with van der Waals surface area (Å²) in [5.41, 5.74) is -8.17. The smallest absolute Gasteiger partial charge is 0.430 e. The van der Waals surface area contributed by atoms with Crippen molar-refractivity contribution >= 4 is 16.9 Å². The number of alkyl halides is 6. The summed E-state index contributed by atoms with van der Waals surface area (Å²) in [7, 11) is 0. The van der Waals surface area contributed by atoms with Gasteiger partial charge in [-0.3, -0.25) is 0 Å². The zero-order chi connectivity index (χ0) is 24.4. The van der Waals surface area contributed by atoms with Crippen LogP contribution < -0.4 is 0 Å². The molecule has 11 heteroatoms. The molecule has 0 radical (unpaired) electrons. The van der Waals surface area contributed by atoms with Crippen molar-refractivity contribution < 1.29 is 46.5 Å². The van der Waals surface area contributed by atoms with Gasteiger partial charge in [0.15, 0.2) is 5.75 Å². The van der Waals surface area contributed by atoms with Gasteiger partial charge < -0.3 is 15.3 Å². The van der Waals surface area contributed by atoms with Gasteiger partial charge in [-0.05, 0) is 30.5 Å². The van der Waals surface area contributed by atoms with Gasteiger partial charge >= 0.3 is 18.3 Å². The Bertz CT molecular complexity index is 1240. The van der Waals surface area contributed by atoms with Crippen LogP contribution in [-0.4, -0.2) is 38.6 Å². The predicted octanol–water partition coefficient (Wildman–Crippen LogP) is 5.03. The summed E-state index contributed by atoms with van der Waals surface area (Å²) >= 11 is 0. The van der Waals surface area contributed by atoms with Crippen molar-refractivity contribution in [3.8, 4) is 5.75 Å². The largest absolute Gasteiger partial charge is 0.505 e. The highest BCUT2D eigenvalue weighted by Gasteiger charge is 2.71. The predicted molar refractivity (Wildman–Crippen MR) is 103 cm³/mol. The molecular formula is C22H15F6NO4. The molecule has 1 heterocycles. The molecule has 1 aliphatic carbocycles. The fourth-order valence-electron chi connectivity index (χ4n) is 4.06. The third kappa shape index (κ3) is 3.29. The van der Waals surface area contributed by atoms with E-state index in [4.69, 9.17) is 0 Å². The molecule has 0 aliphatic heterocycles. The Balaban J connectivity index is 2.00. The van der Waals surface area contributed by atoms with Gasteiger partial charge in [-0.25, -0.2) is 9.78 Å². The van der Waals surface area contributed by atoms with E-state index in [0.29, 0.717) is 18.9 Å². The van der Waals surface area contributed by atoms with Crippen LogP contribution in [0.4, 0.5) is 26.3 Å². The van der Waals surface area contributed by atoms with E-state index in [9.17, 15) is 46.5 Å². The van der Waals surface area contributed by atoms with Crippen LogP contribution in [0.5, 0.6) is 5.75 Å². The first-order valence-electron chi connectivity index (χ1n) is 9.56. The fraction of sp³-hybridized carbons (Fsp3) is 0.273. The molecule has 1 saturated carbocycles. The van der Waals surface area contributed by atoms with Gasteiger partial charge in [-0.1, -0.05) is 36.4 Å². The molecular weight excluding hydrogens is 456 g/mol. The van der Waals surface area contributed by atoms with E-state index in [1.165, 1.54) is 0 Å². The second-order valence-corrected chi connectivity index (χ2v) is 7.88. The van der Waals surface area contributed by atoms with Crippen molar-refractivity contribution in [1.82, 2.24) is 4.98 Å². The Kier molecular flexibility index (Phi) is 4.90. The summed E-state index contributed by atoms with van der Waals surface area (Å²) < 4.78 is 79.7. The summed E-state index contributed by atoms with van der Waals surface area (Å²) in [4.78, 5) is 16.2. The van der Waals surface area contributed by atoms with Gasteiger partial charge in [-0.2, -0.15) is 26.3 Å². The maximum Gasteiger partial charge on any atom is 0.430 e. The lowest BCUT2D eigenvalue weighted by Gasteiger charge is -2.32. The molecule has 2 aromatic carbocycles. The van der Waals surface area contributed by atoms with Crippen molar-refractivity contribution in [3.63, 3.8) is 0 Å². The van der Waals surface area contributed by atoms with Gasteiger partial charge in [-0.15, -0.1) is 0 Å². The number of nitrogens with zero attached hydrogens (tertiary/aromatic N) is 1. The first-order chi connectivity index (χ1) is 15.2. The van der Waals surface area contributed by atoms with E-state index in [-0.39, 0.29) is 17.3 Å². The molecule has 0 amide bonds. The molecule has 1 aliphatic rings. The standard InChI is InChI=1S/C22H15F6NO4/c23-21(24,25)20(33,22(26,27)28)12-6-7-14-13(10-12)15(18(31)32)16(30)17(29-14)19(8-9-19)11-4-2-1-3-5-11/h1-7,10,30,33H,8-9H2,(H,31,32). The number of aliphatic hydroxyl groups is 1. The van der Waals surface area contributed by atoms with Crippen molar-refractivity contribution in [3.05, 3.63) is 70.9 Å². The minimum atomic E-state index is -6.15. The molecule has 1 fully saturated rings. The number of pyridine rings is 1. The lowest BCUT2D eigenvalue weighted by atomic mass is 9.87. The van der Waals surface area contributed by atoms with E-state index < -0.39 is 51.6 Å². The number of fused-ring (bicyclic) bond motifs is 1. The van der Waals surface area contributed by atoms with Crippen molar-refractivity contribution in [2.24, 2.45) is 0 Å². The van der Waals surface area contributed by atoms with Crippen LogP contribution in [0.15, 0.2) is 48.5 Å². The van der Waals surface area contributed by atoms with E-state index in [1.54, 1.807) is 30.3 Å². The Labute approximate surface area is 181 Å². The molecule has 3 N–H and O–H groups in total. The summed E-state index contributed by atoms with van der Waals surface area (Å²) in [6.07, 6.45) is -11.3. The number of rotatable bonds is 4. The van der Waals surface area contributed by atoms with Gasteiger partial charge in [0.1, 0.15) is 5.56 Å². The van der Waals surface area contributed by atoms with Crippen molar-refractivity contribution in [2.75, 3.05) is 0 Å². The third-order valence-corrected chi connectivity index (χ3v) is 5.94. The molecule has 5 nitrogen and oxygen atoms in total. The van der Waals surface area contributed by atoms with Crippen LogP contribution in [0.25, 0.3) is 10.9 Å². The molecule has 33 heavy (non-hydrogen) atoms. The quantitative estimate of drug-likeness (QED) is 0.465. The number of carbonyl (C=O) groups is 1. The summed E-state index contributed by atoms with van der Waals surface area (Å²) in [6, 6.07) is 10.1. The fourth-order valence-corrected chi connectivity index (χ4v) is 4.06. The number of hydrogen-bond acceptors (Lipinski definition) is 4. The third-order valence-electron chi connectivity index (χ3n) is 5.94. The Hall–Kier alpha value is -3.34. The minimum Gasteiger partial charge on any atom is -0.505 e. The highest BCUT2D eigenvalue weighted by atomic mass is 19.4. The maximum atomic E-state index is 13.3. The second-order valence-electron chi connectivity index (χ2n) is 7.88. The minimum absolute atomic E-state index is 0.0340. The topological polar surface area (TPSA) is 90.7 Å². The van der Waals surface area contributed by atoms with E-state index >= 15 is 0 Å². The first-order valence-corrected chi connectivity index (χ1v) is 9.56. The summed E-state index contributed by atoms with van der Waals surface area (Å²) in [5.74, 6) is -2.62. The molecule has 4 rings (SSSR count). The van der Waals surface area contributed by atoms with Gasteiger partial charge in [0.05, 0.1) is 11.2 Å². The lowest BCUT2D eigenvalue weighted by molar-refractivity contribution is -0.376. The average Bonchev–Trinajstić information content (AvgIpc) is 3.53. The van der Waals surface area contributed by atoms with Crippen LogP contribution >= 0.6 is 0 Å². The number of carboxylic acids is 1. The second kappa shape index (κ2) is 7.08. The summed E-state index contributed by atoms with van der Waals surface area (Å²) in [6.45, 7) is 0. The van der Waals surface area contributed by atoms with E-state index in [2.05, 4.69) is 4.98 Å². The number of carboxylic acid groups (broad SMARTS) is 1. The number of aromatic hydroxyl groups is 1. The van der Waals surface area contributed by atoms with Crippen molar-refractivity contribution in [2.45, 2.75) is 36.2 Å². The number of benzene rings is 2. The van der Waals surface area contributed by atoms with Crippen LogP contribution in [-0.2, 0) is 11.0 Å². The Morgan fingerprint density at radius 2 is 1.52 bits per heavy atom. The molecule has 0 unspecified atom stereocenters. The lowest BCUT2D eigenvalue weighted by Crippen LogP contribution is -2.53. The Morgan fingerprint density at radius 1 is 0.939 bits per heavy atom. The average molecular weight is 471 g/mol. The highest BCUT2D eigenvalue weighted by molar-refractivity contribution is 6.05. The number of halogens is 6. The molecule has 3 aromatic rings. The van der Waals surface area contributed by atoms with Crippen LogP contribution in [0, 0.1) is 0 Å². The molecule has 0 spiro atoms.